The lowest BCUT2D eigenvalue weighted by molar-refractivity contribution is 0.137. The predicted molar refractivity (Wildman–Crippen MR) is 59.7 cm³/mol. The zero-order valence-electron chi connectivity index (χ0n) is 7.90. The second-order valence-corrected chi connectivity index (χ2v) is 3.12. The summed E-state index contributed by atoms with van der Waals surface area (Å²) in [4.78, 5) is 11.0. The Hall–Kier alpha value is -1.82. The monoisotopic (exact) mass is 225 g/mol. The van der Waals surface area contributed by atoms with Gasteiger partial charge in [0.25, 0.3) is 0 Å². The van der Waals surface area contributed by atoms with Crippen LogP contribution in [-0.2, 0) is 11.3 Å². The van der Waals surface area contributed by atoms with Gasteiger partial charge in [-0.1, -0.05) is 30.3 Å². The maximum atomic E-state index is 11.0. The Bertz CT molecular complexity index is 342. The summed E-state index contributed by atoms with van der Waals surface area (Å²) in [6.45, 7) is 0.200. The Morgan fingerprint density at radius 2 is 2.00 bits per heavy atom. The maximum Gasteiger partial charge on any atom is 0.426 e. The van der Waals surface area contributed by atoms with Gasteiger partial charge in [-0.15, -0.1) is 0 Å². The fourth-order valence-electron chi connectivity index (χ4n) is 0.872. The van der Waals surface area contributed by atoms with Gasteiger partial charge in [-0.05, 0) is 17.8 Å². The summed E-state index contributed by atoms with van der Waals surface area (Å²) in [5, 5.41) is -0.0216. The maximum absolute atomic E-state index is 11.0. The first-order chi connectivity index (χ1) is 7.18. The quantitative estimate of drug-likeness (QED) is 0.509. The first-order valence-electron chi connectivity index (χ1n) is 4.20. The number of hydrogen-bond donors (Lipinski definition) is 3. The van der Waals surface area contributed by atoms with Crippen molar-refractivity contribution in [2.75, 3.05) is 0 Å². The van der Waals surface area contributed by atoms with Crippen LogP contribution in [0.25, 0.3) is 0 Å². The number of thiocarbonyl (C=S) groups is 1. The number of rotatable bonds is 2. The Kier molecular flexibility index (Phi) is 4.36. The molecule has 0 unspecified atom stereocenters. The van der Waals surface area contributed by atoms with Crippen molar-refractivity contribution in [2.24, 2.45) is 5.73 Å². The average Bonchev–Trinajstić information content (AvgIpc) is 2.25. The zero-order chi connectivity index (χ0) is 11.1. The summed E-state index contributed by atoms with van der Waals surface area (Å²) in [5.41, 5.74) is 10.4. The average molecular weight is 225 g/mol. The molecular formula is C9H11N3O2S. The van der Waals surface area contributed by atoms with Gasteiger partial charge in [-0.2, -0.15) is 0 Å². The van der Waals surface area contributed by atoms with Crippen molar-refractivity contribution < 1.29 is 9.53 Å². The van der Waals surface area contributed by atoms with E-state index >= 15 is 0 Å². The first-order valence-corrected chi connectivity index (χ1v) is 4.61. The highest BCUT2D eigenvalue weighted by Crippen LogP contribution is 1.99. The number of carbonyl (C=O) groups is 1. The number of carbonyl (C=O) groups excluding carboxylic acids is 1. The van der Waals surface area contributed by atoms with Crippen molar-refractivity contribution in [1.29, 1.82) is 0 Å². The number of nitrogens with one attached hydrogen (secondary N) is 2. The van der Waals surface area contributed by atoms with Crippen molar-refractivity contribution in [3.8, 4) is 0 Å². The Balaban J connectivity index is 2.26. The third kappa shape index (κ3) is 4.82. The molecule has 0 aliphatic carbocycles. The molecule has 0 atom stereocenters. The molecule has 0 aromatic heterocycles. The molecule has 0 heterocycles. The van der Waals surface area contributed by atoms with Crippen molar-refractivity contribution in [2.45, 2.75) is 6.61 Å². The SMILES string of the molecule is NC(=S)NNC(=O)OCc1ccccc1. The predicted octanol–water partition coefficient (Wildman–Crippen LogP) is 0.661. The molecule has 0 bridgehead atoms. The summed E-state index contributed by atoms with van der Waals surface area (Å²) in [6, 6.07) is 9.33. The minimum Gasteiger partial charge on any atom is -0.443 e. The third-order valence-electron chi connectivity index (χ3n) is 1.50. The second-order valence-electron chi connectivity index (χ2n) is 2.68. The van der Waals surface area contributed by atoms with Crippen molar-refractivity contribution >= 4 is 23.4 Å². The van der Waals surface area contributed by atoms with E-state index < -0.39 is 6.09 Å². The van der Waals surface area contributed by atoms with Crippen molar-refractivity contribution in [1.82, 2.24) is 10.9 Å². The van der Waals surface area contributed by atoms with Gasteiger partial charge in [-0.25, -0.2) is 10.2 Å². The molecule has 0 fully saturated rings. The number of hydrogen-bond acceptors (Lipinski definition) is 3. The van der Waals surface area contributed by atoms with Gasteiger partial charge in [0.1, 0.15) is 6.61 Å². The molecule has 1 rings (SSSR count). The lowest BCUT2D eigenvalue weighted by atomic mass is 10.2. The summed E-state index contributed by atoms with van der Waals surface area (Å²) >= 11 is 4.49. The molecule has 0 radical (unpaired) electrons. The van der Waals surface area contributed by atoms with Gasteiger partial charge >= 0.3 is 6.09 Å². The number of nitrogens with two attached hydrogens (primary N) is 1. The van der Waals surface area contributed by atoms with E-state index in [2.05, 4.69) is 23.1 Å². The summed E-state index contributed by atoms with van der Waals surface area (Å²) in [5.74, 6) is 0. The van der Waals surface area contributed by atoms with Gasteiger partial charge in [0.2, 0.25) is 0 Å². The highest BCUT2D eigenvalue weighted by Gasteiger charge is 2.00. The molecule has 1 amide bonds. The minimum atomic E-state index is -0.633. The molecular weight excluding hydrogens is 214 g/mol. The molecule has 0 saturated carbocycles. The molecule has 6 heteroatoms. The van der Waals surface area contributed by atoms with Crippen LogP contribution in [0.5, 0.6) is 0 Å². The Morgan fingerprint density at radius 1 is 1.33 bits per heavy atom. The summed E-state index contributed by atoms with van der Waals surface area (Å²) in [7, 11) is 0. The number of benzene rings is 1. The normalized spacial score (nSPS) is 9.07. The topological polar surface area (TPSA) is 76.4 Å². The Labute approximate surface area is 92.6 Å². The van der Waals surface area contributed by atoms with E-state index in [1.807, 2.05) is 30.3 Å². The fraction of sp³-hybridized carbons (Fsp3) is 0.111. The van der Waals surface area contributed by atoms with E-state index in [9.17, 15) is 4.79 Å². The second kappa shape index (κ2) is 5.82. The van der Waals surface area contributed by atoms with Gasteiger partial charge < -0.3 is 10.5 Å². The van der Waals surface area contributed by atoms with E-state index in [4.69, 9.17) is 10.5 Å². The molecule has 1 aromatic rings. The van der Waals surface area contributed by atoms with E-state index in [-0.39, 0.29) is 11.7 Å². The smallest absolute Gasteiger partial charge is 0.426 e. The van der Waals surface area contributed by atoms with Crippen LogP contribution in [0.1, 0.15) is 5.56 Å². The van der Waals surface area contributed by atoms with Gasteiger partial charge in [0.05, 0.1) is 0 Å². The van der Waals surface area contributed by atoms with Crippen LogP contribution < -0.4 is 16.6 Å². The van der Waals surface area contributed by atoms with E-state index in [1.165, 1.54) is 0 Å². The molecule has 15 heavy (non-hydrogen) atoms. The first kappa shape index (κ1) is 11.3. The van der Waals surface area contributed by atoms with E-state index in [0.717, 1.165) is 5.56 Å². The van der Waals surface area contributed by atoms with Crippen LogP contribution in [0, 0.1) is 0 Å². The van der Waals surface area contributed by atoms with Gasteiger partial charge in [-0.3, -0.25) is 5.43 Å². The molecule has 4 N–H and O–H groups in total. The lowest BCUT2D eigenvalue weighted by Crippen LogP contribution is -2.44. The lowest BCUT2D eigenvalue weighted by Gasteiger charge is -2.07. The molecule has 0 saturated heterocycles. The molecule has 1 aromatic carbocycles. The standard InChI is InChI=1S/C9H11N3O2S/c10-8(15)11-12-9(13)14-6-7-4-2-1-3-5-7/h1-5H,6H2,(H,12,13)(H3,10,11,15). The Morgan fingerprint density at radius 3 is 2.60 bits per heavy atom. The molecule has 80 valence electrons. The summed E-state index contributed by atoms with van der Waals surface area (Å²) in [6.07, 6.45) is -0.633. The number of hydrazine groups is 1. The summed E-state index contributed by atoms with van der Waals surface area (Å²) < 4.78 is 4.85. The largest absolute Gasteiger partial charge is 0.443 e. The number of amides is 1. The van der Waals surface area contributed by atoms with Crippen LogP contribution in [0.3, 0.4) is 0 Å². The minimum absolute atomic E-state index is 0.0216. The van der Waals surface area contributed by atoms with Gasteiger partial charge in [0, 0.05) is 0 Å². The molecule has 0 aliphatic rings. The van der Waals surface area contributed by atoms with Crippen LogP contribution >= 0.6 is 12.2 Å². The fourth-order valence-corrected chi connectivity index (χ4v) is 0.923. The highest BCUT2D eigenvalue weighted by molar-refractivity contribution is 7.80. The molecule has 0 spiro atoms. The molecule has 0 aliphatic heterocycles. The van der Waals surface area contributed by atoms with Crippen LogP contribution in [0.15, 0.2) is 30.3 Å². The van der Waals surface area contributed by atoms with E-state index in [1.54, 1.807) is 0 Å². The van der Waals surface area contributed by atoms with Crippen molar-refractivity contribution in [3.05, 3.63) is 35.9 Å². The van der Waals surface area contributed by atoms with E-state index in [0.29, 0.717) is 0 Å². The highest BCUT2D eigenvalue weighted by atomic mass is 32.1. The van der Waals surface area contributed by atoms with Gasteiger partial charge in [0.15, 0.2) is 5.11 Å². The van der Waals surface area contributed by atoms with Crippen LogP contribution in [0.2, 0.25) is 0 Å². The van der Waals surface area contributed by atoms with Crippen molar-refractivity contribution in [3.63, 3.8) is 0 Å². The zero-order valence-corrected chi connectivity index (χ0v) is 8.71. The third-order valence-corrected chi connectivity index (χ3v) is 1.60. The molecule has 5 nitrogen and oxygen atoms in total. The van der Waals surface area contributed by atoms with Crippen LogP contribution in [-0.4, -0.2) is 11.2 Å². The number of ether oxygens (including phenoxy) is 1. The van der Waals surface area contributed by atoms with Crippen LogP contribution in [0.4, 0.5) is 4.79 Å².